The SMILES string of the molecule is COCCOc1ccc(C(O)c2occc2C)cc1Br. The second kappa shape index (κ2) is 6.92. The molecule has 1 aromatic heterocycles. The van der Waals surface area contributed by atoms with Gasteiger partial charge in [0.25, 0.3) is 0 Å². The minimum absolute atomic E-state index is 0.480. The smallest absolute Gasteiger partial charge is 0.139 e. The van der Waals surface area contributed by atoms with Crippen molar-refractivity contribution >= 4 is 15.9 Å². The Kier molecular flexibility index (Phi) is 5.23. The molecule has 0 aliphatic heterocycles. The van der Waals surface area contributed by atoms with Gasteiger partial charge in [-0.3, -0.25) is 0 Å². The number of methoxy groups -OCH3 is 1. The summed E-state index contributed by atoms with van der Waals surface area (Å²) in [7, 11) is 1.63. The maximum absolute atomic E-state index is 10.3. The lowest BCUT2D eigenvalue weighted by molar-refractivity contribution is 0.146. The van der Waals surface area contributed by atoms with Gasteiger partial charge < -0.3 is 19.0 Å². The minimum atomic E-state index is -0.783. The summed E-state index contributed by atoms with van der Waals surface area (Å²) in [6.45, 7) is 2.91. The van der Waals surface area contributed by atoms with E-state index in [0.717, 1.165) is 15.6 Å². The molecule has 0 spiro atoms. The molecule has 1 aromatic carbocycles. The molecule has 0 radical (unpaired) electrons. The summed E-state index contributed by atoms with van der Waals surface area (Å²) in [6.07, 6.45) is 0.792. The molecule has 0 aliphatic carbocycles. The molecule has 20 heavy (non-hydrogen) atoms. The molecule has 1 atom stereocenters. The average Bonchev–Trinajstić information content (AvgIpc) is 2.86. The van der Waals surface area contributed by atoms with Crippen LogP contribution in [0, 0.1) is 6.92 Å². The van der Waals surface area contributed by atoms with Crippen molar-refractivity contribution in [3.05, 3.63) is 51.9 Å². The minimum Gasteiger partial charge on any atom is -0.490 e. The highest BCUT2D eigenvalue weighted by molar-refractivity contribution is 9.10. The lowest BCUT2D eigenvalue weighted by Gasteiger charge is -2.13. The van der Waals surface area contributed by atoms with E-state index in [2.05, 4.69) is 15.9 Å². The van der Waals surface area contributed by atoms with Gasteiger partial charge in [-0.15, -0.1) is 0 Å². The predicted molar refractivity (Wildman–Crippen MR) is 79.0 cm³/mol. The first-order valence-corrected chi connectivity index (χ1v) is 7.06. The van der Waals surface area contributed by atoms with Crippen LogP contribution in [0.25, 0.3) is 0 Å². The fourth-order valence-electron chi connectivity index (χ4n) is 1.86. The summed E-state index contributed by atoms with van der Waals surface area (Å²) in [4.78, 5) is 0. The van der Waals surface area contributed by atoms with E-state index >= 15 is 0 Å². The molecule has 2 rings (SSSR count). The average molecular weight is 341 g/mol. The molecular formula is C15H17BrO4. The Labute approximate surface area is 126 Å². The largest absolute Gasteiger partial charge is 0.490 e. The fraction of sp³-hybridized carbons (Fsp3) is 0.333. The molecule has 0 amide bonds. The standard InChI is InChI=1S/C15H17BrO4/c1-10-5-6-20-15(10)14(17)11-3-4-13(12(16)9-11)19-8-7-18-2/h3-6,9,14,17H,7-8H2,1-2H3. The number of ether oxygens (including phenoxy) is 2. The van der Waals surface area contributed by atoms with Gasteiger partial charge >= 0.3 is 0 Å². The molecule has 2 aromatic rings. The van der Waals surface area contributed by atoms with Gasteiger partial charge in [-0.1, -0.05) is 6.07 Å². The first-order valence-electron chi connectivity index (χ1n) is 6.26. The second-order valence-electron chi connectivity index (χ2n) is 4.40. The third-order valence-electron chi connectivity index (χ3n) is 2.97. The van der Waals surface area contributed by atoms with Crippen LogP contribution in [-0.2, 0) is 4.74 Å². The van der Waals surface area contributed by atoms with Gasteiger partial charge in [0.2, 0.25) is 0 Å². The van der Waals surface area contributed by atoms with Crippen molar-refractivity contribution in [2.75, 3.05) is 20.3 Å². The maximum atomic E-state index is 10.3. The normalized spacial score (nSPS) is 12.4. The van der Waals surface area contributed by atoms with Crippen molar-refractivity contribution in [3.8, 4) is 5.75 Å². The second-order valence-corrected chi connectivity index (χ2v) is 5.26. The number of aliphatic hydroxyl groups is 1. The number of rotatable bonds is 6. The van der Waals surface area contributed by atoms with Crippen molar-refractivity contribution < 1.29 is 19.0 Å². The summed E-state index contributed by atoms with van der Waals surface area (Å²) in [5.74, 6) is 1.28. The molecule has 0 saturated heterocycles. The lowest BCUT2D eigenvalue weighted by Crippen LogP contribution is -2.05. The predicted octanol–water partition coefficient (Wildman–Crippen LogP) is 3.46. The Balaban J connectivity index is 2.14. The molecule has 1 unspecified atom stereocenters. The van der Waals surface area contributed by atoms with Crippen LogP contribution >= 0.6 is 15.9 Å². The highest BCUT2D eigenvalue weighted by atomic mass is 79.9. The Bertz CT molecular complexity index is 565. The summed E-state index contributed by atoms with van der Waals surface area (Å²) in [6, 6.07) is 7.29. The van der Waals surface area contributed by atoms with Crippen LogP contribution in [0.5, 0.6) is 5.75 Å². The molecule has 0 fully saturated rings. The zero-order valence-corrected chi connectivity index (χ0v) is 13.0. The van der Waals surface area contributed by atoms with Gasteiger partial charge in [0.05, 0.1) is 17.3 Å². The zero-order valence-electron chi connectivity index (χ0n) is 11.4. The monoisotopic (exact) mass is 340 g/mol. The van der Waals surface area contributed by atoms with Crippen LogP contribution in [0.2, 0.25) is 0 Å². The van der Waals surface area contributed by atoms with E-state index in [-0.39, 0.29) is 0 Å². The summed E-state index contributed by atoms with van der Waals surface area (Å²) >= 11 is 3.44. The van der Waals surface area contributed by atoms with Crippen molar-refractivity contribution in [1.29, 1.82) is 0 Å². The Morgan fingerprint density at radius 1 is 1.30 bits per heavy atom. The van der Waals surface area contributed by atoms with Gasteiger partial charge in [-0.2, -0.15) is 0 Å². The molecule has 0 saturated carbocycles. The number of hydrogen-bond donors (Lipinski definition) is 1. The summed E-state index contributed by atoms with van der Waals surface area (Å²) in [5, 5.41) is 10.3. The van der Waals surface area contributed by atoms with Crippen molar-refractivity contribution in [2.45, 2.75) is 13.0 Å². The third-order valence-corrected chi connectivity index (χ3v) is 3.59. The number of halogens is 1. The molecule has 108 valence electrons. The van der Waals surface area contributed by atoms with E-state index in [4.69, 9.17) is 13.9 Å². The molecule has 1 N–H and O–H groups in total. The number of hydrogen-bond acceptors (Lipinski definition) is 4. The van der Waals surface area contributed by atoms with Gasteiger partial charge in [0.1, 0.15) is 24.2 Å². The first kappa shape index (κ1) is 15.1. The van der Waals surface area contributed by atoms with Crippen LogP contribution < -0.4 is 4.74 Å². The van der Waals surface area contributed by atoms with Crippen LogP contribution in [0.4, 0.5) is 0 Å². The first-order chi connectivity index (χ1) is 9.63. The number of aliphatic hydroxyl groups excluding tert-OH is 1. The number of furan rings is 1. The lowest BCUT2D eigenvalue weighted by atomic mass is 10.1. The van der Waals surface area contributed by atoms with Crippen LogP contribution in [0.15, 0.2) is 39.4 Å². The highest BCUT2D eigenvalue weighted by Gasteiger charge is 2.17. The Morgan fingerprint density at radius 3 is 2.70 bits per heavy atom. The Hall–Kier alpha value is -1.30. The molecule has 0 bridgehead atoms. The number of aryl methyl sites for hydroxylation is 1. The van der Waals surface area contributed by atoms with E-state index in [1.165, 1.54) is 0 Å². The van der Waals surface area contributed by atoms with Crippen LogP contribution in [-0.4, -0.2) is 25.4 Å². The van der Waals surface area contributed by atoms with Gasteiger partial charge in [-0.05, 0) is 52.2 Å². The third kappa shape index (κ3) is 3.42. The van der Waals surface area contributed by atoms with Gasteiger partial charge in [0, 0.05) is 7.11 Å². The fourth-order valence-corrected chi connectivity index (χ4v) is 2.37. The van der Waals surface area contributed by atoms with Gasteiger partial charge in [0.15, 0.2) is 0 Å². The van der Waals surface area contributed by atoms with E-state index in [0.29, 0.717) is 24.7 Å². The van der Waals surface area contributed by atoms with Crippen molar-refractivity contribution in [2.24, 2.45) is 0 Å². The van der Waals surface area contributed by atoms with Crippen LogP contribution in [0.3, 0.4) is 0 Å². The Morgan fingerprint density at radius 2 is 2.10 bits per heavy atom. The quantitative estimate of drug-likeness (QED) is 0.818. The molecule has 0 aliphatic rings. The molecule has 5 heteroatoms. The molecular weight excluding hydrogens is 324 g/mol. The maximum Gasteiger partial charge on any atom is 0.139 e. The molecule has 1 heterocycles. The zero-order chi connectivity index (χ0) is 14.5. The molecule has 4 nitrogen and oxygen atoms in total. The topological polar surface area (TPSA) is 51.8 Å². The van der Waals surface area contributed by atoms with Gasteiger partial charge in [-0.25, -0.2) is 0 Å². The van der Waals surface area contributed by atoms with Crippen LogP contribution in [0.1, 0.15) is 23.0 Å². The van der Waals surface area contributed by atoms with Crippen molar-refractivity contribution in [1.82, 2.24) is 0 Å². The van der Waals surface area contributed by atoms with Crippen molar-refractivity contribution in [3.63, 3.8) is 0 Å². The summed E-state index contributed by atoms with van der Waals surface area (Å²) < 4.78 is 16.6. The van der Waals surface area contributed by atoms with E-state index in [9.17, 15) is 5.11 Å². The highest BCUT2D eigenvalue weighted by Crippen LogP contribution is 2.32. The van der Waals surface area contributed by atoms with E-state index in [1.54, 1.807) is 13.4 Å². The van der Waals surface area contributed by atoms with E-state index in [1.807, 2.05) is 31.2 Å². The number of benzene rings is 1. The summed E-state index contributed by atoms with van der Waals surface area (Å²) in [5.41, 5.74) is 1.67. The van der Waals surface area contributed by atoms with E-state index < -0.39 is 6.10 Å².